The van der Waals surface area contributed by atoms with Crippen molar-refractivity contribution in [2.75, 3.05) is 0 Å². The van der Waals surface area contributed by atoms with Crippen molar-refractivity contribution in [2.45, 2.75) is 32.2 Å². The van der Waals surface area contributed by atoms with Crippen molar-refractivity contribution in [1.29, 1.82) is 0 Å². The van der Waals surface area contributed by atoms with Gasteiger partial charge in [0.15, 0.2) is 0 Å². The maximum Gasteiger partial charge on any atom is 0.275 e. The Morgan fingerprint density at radius 3 is 2.24 bits per heavy atom. The highest BCUT2D eigenvalue weighted by Crippen LogP contribution is 2.28. The Morgan fingerprint density at radius 1 is 0.793 bits per heavy atom. The fraction of sp³-hybridized carbons (Fsp3) is 0.192. The second-order valence-electron chi connectivity index (χ2n) is 7.76. The normalized spacial score (nSPS) is 12.8. The predicted molar refractivity (Wildman–Crippen MR) is 118 cm³/mol. The molecule has 0 unspecified atom stereocenters. The van der Waals surface area contributed by atoms with Gasteiger partial charge in [0.25, 0.3) is 5.56 Å². The van der Waals surface area contributed by atoms with E-state index in [-0.39, 0.29) is 5.56 Å². The molecule has 1 aromatic heterocycles. The minimum Gasteiger partial charge on any atom is -0.294 e. The van der Waals surface area contributed by atoms with E-state index < -0.39 is 0 Å². The lowest BCUT2D eigenvalue weighted by Gasteiger charge is -2.06. The van der Waals surface area contributed by atoms with E-state index in [9.17, 15) is 4.79 Å². The molecule has 1 heterocycles. The second kappa shape index (κ2) is 7.59. The Morgan fingerprint density at radius 2 is 1.48 bits per heavy atom. The summed E-state index contributed by atoms with van der Waals surface area (Å²) in [5.41, 5.74) is 7.91. The third-order valence-electron chi connectivity index (χ3n) is 5.87. The first kappa shape index (κ1) is 17.7. The summed E-state index contributed by atoms with van der Waals surface area (Å²) in [6.45, 7) is 0.643. The maximum absolute atomic E-state index is 13.3. The minimum atomic E-state index is 0.0382. The Bertz CT molecular complexity index is 1190. The summed E-state index contributed by atoms with van der Waals surface area (Å²) in [6, 6.07) is 26.8. The fourth-order valence-electron chi connectivity index (χ4n) is 4.35. The number of aryl methyl sites for hydroxylation is 4. The van der Waals surface area contributed by atoms with Crippen LogP contribution in [-0.2, 0) is 25.8 Å². The molecule has 0 atom stereocenters. The lowest BCUT2D eigenvalue weighted by atomic mass is 10.0. The van der Waals surface area contributed by atoms with Crippen LogP contribution in [0.15, 0.2) is 83.7 Å². The number of aromatic amines is 1. The number of benzene rings is 3. The van der Waals surface area contributed by atoms with Crippen LogP contribution in [-0.4, -0.2) is 9.78 Å². The first-order valence-corrected chi connectivity index (χ1v) is 10.3. The first-order valence-electron chi connectivity index (χ1n) is 10.3. The van der Waals surface area contributed by atoms with E-state index in [1.54, 1.807) is 4.68 Å². The Hall–Kier alpha value is -3.33. The van der Waals surface area contributed by atoms with Crippen LogP contribution in [0.5, 0.6) is 0 Å². The van der Waals surface area contributed by atoms with Gasteiger partial charge in [-0.25, -0.2) is 0 Å². The number of H-pyrrole nitrogens is 1. The van der Waals surface area contributed by atoms with Gasteiger partial charge < -0.3 is 0 Å². The van der Waals surface area contributed by atoms with Crippen molar-refractivity contribution < 1.29 is 0 Å². The van der Waals surface area contributed by atoms with Gasteiger partial charge in [-0.3, -0.25) is 14.6 Å². The standard InChI is InChI=1S/C26H24N2O/c29-26-24(21-8-3-1-4-9-21)25(22-10-5-2-6-11-22)27-28(26)17-16-19-14-15-20-12-7-13-23(20)18-19/h1-6,8-11,14-15,18,27H,7,12-13,16-17H2. The van der Waals surface area contributed by atoms with Crippen LogP contribution >= 0.6 is 0 Å². The Balaban J connectivity index is 1.50. The summed E-state index contributed by atoms with van der Waals surface area (Å²) in [7, 11) is 0. The molecule has 4 aromatic rings. The van der Waals surface area contributed by atoms with Crippen molar-refractivity contribution in [3.8, 4) is 22.4 Å². The third-order valence-corrected chi connectivity index (χ3v) is 5.87. The molecule has 0 saturated carbocycles. The summed E-state index contributed by atoms with van der Waals surface area (Å²) >= 11 is 0. The van der Waals surface area contributed by atoms with Crippen LogP contribution in [0.2, 0.25) is 0 Å². The average molecular weight is 380 g/mol. The summed E-state index contributed by atoms with van der Waals surface area (Å²) < 4.78 is 1.76. The number of hydrogen-bond acceptors (Lipinski definition) is 1. The lowest BCUT2D eigenvalue weighted by Crippen LogP contribution is -2.19. The second-order valence-corrected chi connectivity index (χ2v) is 7.76. The van der Waals surface area contributed by atoms with Gasteiger partial charge >= 0.3 is 0 Å². The quantitative estimate of drug-likeness (QED) is 0.505. The molecule has 0 fully saturated rings. The third kappa shape index (κ3) is 3.44. The number of nitrogens with one attached hydrogen (secondary N) is 1. The smallest absolute Gasteiger partial charge is 0.275 e. The molecule has 3 aromatic carbocycles. The molecule has 0 radical (unpaired) electrons. The van der Waals surface area contributed by atoms with E-state index in [0.717, 1.165) is 28.8 Å². The molecule has 0 spiro atoms. The lowest BCUT2D eigenvalue weighted by molar-refractivity contribution is 0.598. The van der Waals surface area contributed by atoms with Gasteiger partial charge in [-0.2, -0.15) is 0 Å². The summed E-state index contributed by atoms with van der Waals surface area (Å²) in [6.07, 6.45) is 4.49. The number of rotatable bonds is 5. The largest absolute Gasteiger partial charge is 0.294 e. The van der Waals surface area contributed by atoms with Crippen LogP contribution in [0.3, 0.4) is 0 Å². The van der Waals surface area contributed by atoms with E-state index in [2.05, 4.69) is 23.3 Å². The number of nitrogens with zero attached hydrogens (tertiary/aromatic N) is 1. The molecule has 1 aliphatic carbocycles. The molecular weight excluding hydrogens is 356 g/mol. The van der Waals surface area contributed by atoms with Gasteiger partial charge in [-0.05, 0) is 47.9 Å². The van der Waals surface area contributed by atoms with E-state index in [1.807, 2.05) is 60.7 Å². The van der Waals surface area contributed by atoms with E-state index in [4.69, 9.17) is 0 Å². The summed E-state index contributed by atoms with van der Waals surface area (Å²) in [4.78, 5) is 13.3. The van der Waals surface area contributed by atoms with Crippen LogP contribution in [0, 0.1) is 0 Å². The average Bonchev–Trinajstić information content (AvgIpc) is 3.37. The highest BCUT2D eigenvalue weighted by atomic mass is 16.1. The predicted octanol–water partition coefficient (Wildman–Crippen LogP) is 5.24. The first-order chi connectivity index (χ1) is 14.3. The number of aromatic nitrogens is 2. The Labute approximate surface area is 170 Å². The molecular formula is C26H24N2O. The molecule has 29 heavy (non-hydrogen) atoms. The maximum atomic E-state index is 13.3. The molecule has 144 valence electrons. The molecule has 1 aliphatic rings. The molecule has 0 bridgehead atoms. The minimum absolute atomic E-state index is 0.0382. The number of hydrogen-bond donors (Lipinski definition) is 1. The molecule has 0 saturated heterocycles. The zero-order valence-electron chi connectivity index (χ0n) is 16.4. The van der Waals surface area contributed by atoms with Gasteiger partial charge in [0.1, 0.15) is 0 Å². The highest BCUT2D eigenvalue weighted by Gasteiger charge is 2.17. The van der Waals surface area contributed by atoms with Gasteiger partial charge in [0, 0.05) is 12.1 Å². The van der Waals surface area contributed by atoms with Crippen molar-refractivity contribution in [1.82, 2.24) is 9.78 Å². The van der Waals surface area contributed by atoms with E-state index in [0.29, 0.717) is 6.54 Å². The van der Waals surface area contributed by atoms with Crippen molar-refractivity contribution in [2.24, 2.45) is 0 Å². The Kier molecular flexibility index (Phi) is 4.65. The van der Waals surface area contributed by atoms with Gasteiger partial charge in [0.2, 0.25) is 0 Å². The van der Waals surface area contributed by atoms with E-state index in [1.165, 1.54) is 36.0 Å². The molecule has 1 N–H and O–H groups in total. The SMILES string of the molecule is O=c1c(-c2ccccc2)c(-c2ccccc2)[nH]n1CCc1ccc2c(c1)CCC2. The summed E-state index contributed by atoms with van der Waals surface area (Å²) in [5, 5.41) is 3.39. The monoisotopic (exact) mass is 380 g/mol. The van der Waals surface area contributed by atoms with Gasteiger partial charge in [-0.1, -0.05) is 78.9 Å². The van der Waals surface area contributed by atoms with Crippen molar-refractivity contribution in [3.05, 3.63) is 106 Å². The highest BCUT2D eigenvalue weighted by molar-refractivity contribution is 5.80. The van der Waals surface area contributed by atoms with Crippen molar-refractivity contribution in [3.63, 3.8) is 0 Å². The topological polar surface area (TPSA) is 37.8 Å². The summed E-state index contributed by atoms with van der Waals surface area (Å²) in [5.74, 6) is 0. The molecule has 0 amide bonds. The van der Waals surface area contributed by atoms with Crippen LogP contribution in [0.25, 0.3) is 22.4 Å². The van der Waals surface area contributed by atoms with Crippen LogP contribution in [0.1, 0.15) is 23.1 Å². The number of fused-ring (bicyclic) bond motifs is 1. The molecule has 3 nitrogen and oxygen atoms in total. The van der Waals surface area contributed by atoms with Crippen LogP contribution in [0.4, 0.5) is 0 Å². The van der Waals surface area contributed by atoms with Gasteiger partial charge in [0.05, 0.1) is 11.3 Å². The van der Waals surface area contributed by atoms with E-state index >= 15 is 0 Å². The van der Waals surface area contributed by atoms with Gasteiger partial charge in [-0.15, -0.1) is 0 Å². The van der Waals surface area contributed by atoms with Crippen molar-refractivity contribution >= 4 is 0 Å². The van der Waals surface area contributed by atoms with Crippen LogP contribution < -0.4 is 5.56 Å². The fourth-order valence-corrected chi connectivity index (χ4v) is 4.35. The zero-order chi connectivity index (χ0) is 19.6. The zero-order valence-corrected chi connectivity index (χ0v) is 16.4. The molecule has 0 aliphatic heterocycles. The molecule has 5 rings (SSSR count). The molecule has 3 heteroatoms.